The highest BCUT2D eigenvalue weighted by Gasteiger charge is 2.46. The quantitative estimate of drug-likeness (QED) is 0.666. The number of hydrogen-bond donors (Lipinski definition) is 3. The maximum atomic E-state index is 11.4. The molecule has 7 heteroatoms. The molecule has 0 bridgehead atoms. The molecule has 1 aliphatic heterocycles. The molecular formula is C18H21N5O2. The Labute approximate surface area is 144 Å². The van der Waals surface area contributed by atoms with E-state index in [9.17, 15) is 4.79 Å². The van der Waals surface area contributed by atoms with Crippen LogP contribution in [0.1, 0.15) is 43.9 Å². The Balaban J connectivity index is 1.48. The second-order valence-corrected chi connectivity index (χ2v) is 7.40. The van der Waals surface area contributed by atoms with Gasteiger partial charge < -0.3 is 19.8 Å². The summed E-state index contributed by atoms with van der Waals surface area (Å²) in [7, 11) is 0. The molecule has 1 saturated carbocycles. The average molecular weight is 339 g/mol. The van der Waals surface area contributed by atoms with Crippen LogP contribution in [0.4, 0.5) is 0 Å². The number of imidazole rings is 1. The second-order valence-electron chi connectivity index (χ2n) is 7.40. The van der Waals surface area contributed by atoms with E-state index in [0.29, 0.717) is 11.7 Å². The Bertz CT molecular complexity index is 963. The summed E-state index contributed by atoms with van der Waals surface area (Å²) in [5, 5.41) is 7.74. The monoisotopic (exact) mass is 339 g/mol. The zero-order valence-electron chi connectivity index (χ0n) is 14.0. The van der Waals surface area contributed by atoms with Crippen molar-refractivity contribution in [2.45, 2.75) is 38.0 Å². The summed E-state index contributed by atoms with van der Waals surface area (Å²) in [6.45, 7) is 1.96. The topological polar surface area (TPSA) is 99.6 Å². The molecule has 0 amide bonds. The lowest BCUT2D eigenvalue weighted by Gasteiger charge is -2.36. The van der Waals surface area contributed by atoms with E-state index in [1.165, 1.54) is 32.1 Å². The third-order valence-corrected chi connectivity index (χ3v) is 5.93. The Morgan fingerprint density at radius 1 is 1.12 bits per heavy atom. The number of hydrogen-bond acceptors (Lipinski definition) is 5. The first-order valence-electron chi connectivity index (χ1n) is 9.00. The number of H-pyrrole nitrogens is 2. The Morgan fingerprint density at radius 2 is 1.96 bits per heavy atom. The van der Waals surface area contributed by atoms with Crippen LogP contribution in [0.5, 0.6) is 0 Å². The largest absolute Gasteiger partial charge is 0.339 e. The first-order valence-corrected chi connectivity index (χ1v) is 9.00. The van der Waals surface area contributed by atoms with Crippen LogP contribution in [-0.4, -0.2) is 33.2 Å². The zero-order valence-corrected chi connectivity index (χ0v) is 14.0. The van der Waals surface area contributed by atoms with Gasteiger partial charge in [-0.15, -0.1) is 0 Å². The molecule has 25 heavy (non-hydrogen) atoms. The molecule has 1 saturated heterocycles. The van der Waals surface area contributed by atoms with Crippen molar-refractivity contribution in [3.8, 4) is 11.4 Å². The standard InChI is InChI=1S/C18H21N5O2/c24-17-20-13-5-4-11(8-14(13)21-17)15-22-16(25-23-15)12-9-19-10-18(12)6-2-1-3-7-18/h4-5,8,12,19H,1-3,6-7,9-10H2,(H2,20,21,24). The molecule has 3 aromatic rings. The summed E-state index contributed by atoms with van der Waals surface area (Å²) in [5.41, 5.74) is 2.44. The van der Waals surface area contributed by atoms with E-state index in [4.69, 9.17) is 9.51 Å². The zero-order chi connectivity index (χ0) is 16.9. The van der Waals surface area contributed by atoms with Crippen molar-refractivity contribution in [1.82, 2.24) is 25.4 Å². The van der Waals surface area contributed by atoms with Crippen molar-refractivity contribution in [2.24, 2.45) is 5.41 Å². The van der Waals surface area contributed by atoms with Crippen LogP contribution in [0.3, 0.4) is 0 Å². The van der Waals surface area contributed by atoms with Crippen LogP contribution in [-0.2, 0) is 0 Å². The molecule has 2 aliphatic rings. The Kier molecular flexibility index (Phi) is 3.31. The van der Waals surface area contributed by atoms with Crippen LogP contribution < -0.4 is 11.0 Å². The average Bonchev–Trinajstić information content (AvgIpc) is 3.32. The fourth-order valence-electron chi connectivity index (χ4n) is 4.60. The molecule has 0 radical (unpaired) electrons. The lowest BCUT2D eigenvalue weighted by Crippen LogP contribution is -2.31. The van der Waals surface area contributed by atoms with E-state index in [2.05, 4.69) is 20.4 Å². The first-order chi connectivity index (χ1) is 12.2. The van der Waals surface area contributed by atoms with E-state index in [-0.39, 0.29) is 11.1 Å². The van der Waals surface area contributed by atoms with Crippen LogP contribution in [0, 0.1) is 5.41 Å². The SMILES string of the molecule is O=c1[nH]c2ccc(-c3noc(C4CNCC45CCCCC5)n3)cc2[nH]1. The van der Waals surface area contributed by atoms with Crippen LogP contribution >= 0.6 is 0 Å². The number of aromatic amines is 2. The maximum Gasteiger partial charge on any atom is 0.323 e. The summed E-state index contributed by atoms with van der Waals surface area (Å²) < 4.78 is 5.67. The van der Waals surface area contributed by atoms with Gasteiger partial charge in [0, 0.05) is 18.7 Å². The smallest absolute Gasteiger partial charge is 0.323 e. The van der Waals surface area contributed by atoms with Crippen molar-refractivity contribution in [3.05, 3.63) is 34.6 Å². The molecule has 130 valence electrons. The minimum atomic E-state index is -0.211. The van der Waals surface area contributed by atoms with Gasteiger partial charge >= 0.3 is 5.69 Å². The van der Waals surface area contributed by atoms with Crippen molar-refractivity contribution in [1.29, 1.82) is 0 Å². The number of rotatable bonds is 2. The van der Waals surface area contributed by atoms with Crippen molar-refractivity contribution < 1.29 is 4.52 Å². The molecule has 5 rings (SSSR count). The number of nitrogens with zero attached hydrogens (tertiary/aromatic N) is 2. The highest BCUT2D eigenvalue weighted by atomic mass is 16.5. The fraction of sp³-hybridized carbons (Fsp3) is 0.500. The molecule has 3 heterocycles. The summed E-state index contributed by atoms with van der Waals surface area (Å²) in [5.74, 6) is 1.62. The normalized spacial score (nSPS) is 22.8. The predicted octanol–water partition coefficient (Wildman–Crippen LogP) is 2.54. The van der Waals surface area contributed by atoms with E-state index >= 15 is 0 Å². The van der Waals surface area contributed by atoms with Gasteiger partial charge in [0.25, 0.3) is 0 Å². The molecular weight excluding hydrogens is 318 g/mol. The molecule has 1 unspecified atom stereocenters. The Morgan fingerprint density at radius 3 is 2.84 bits per heavy atom. The molecule has 1 aliphatic carbocycles. The number of fused-ring (bicyclic) bond motifs is 1. The lowest BCUT2D eigenvalue weighted by molar-refractivity contribution is 0.165. The minimum absolute atomic E-state index is 0.211. The summed E-state index contributed by atoms with van der Waals surface area (Å²) >= 11 is 0. The fourth-order valence-corrected chi connectivity index (χ4v) is 4.60. The highest BCUT2D eigenvalue weighted by molar-refractivity contribution is 5.79. The van der Waals surface area contributed by atoms with Crippen molar-refractivity contribution >= 4 is 11.0 Å². The van der Waals surface area contributed by atoms with E-state index in [1.54, 1.807) is 0 Å². The van der Waals surface area contributed by atoms with Crippen molar-refractivity contribution in [2.75, 3.05) is 13.1 Å². The van der Waals surface area contributed by atoms with Crippen LogP contribution in [0.25, 0.3) is 22.4 Å². The van der Waals surface area contributed by atoms with Gasteiger partial charge in [-0.05, 0) is 36.5 Å². The van der Waals surface area contributed by atoms with Gasteiger partial charge in [-0.2, -0.15) is 4.98 Å². The third kappa shape index (κ3) is 2.41. The first kappa shape index (κ1) is 14.9. The highest BCUT2D eigenvalue weighted by Crippen LogP contribution is 2.49. The predicted molar refractivity (Wildman–Crippen MR) is 93.3 cm³/mol. The molecule has 2 fully saturated rings. The van der Waals surface area contributed by atoms with Gasteiger partial charge in [0.1, 0.15) is 0 Å². The molecule has 1 aromatic carbocycles. The van der Waals surface area contributed by atoms with Gasteiger partial charge in [-0.1, -0.05) is 24.4 Å². The van der Waals surface area contributed by atoms with E-state index in [0.717, 1.165) is 35.6 Å². The summed E-state index contributed by atoms with van der Waals surface area (Å²) in [6.07, 6.45) is 6.38. The van der Waals surface area contributed by atoms with Gasteiger partial charge in [0.2, 0.25) is 11.7 Å². The number of nitrogens with one attached hydrogen (secondary N) is 3. The van der Waals surface area contributed by atoms with Gasteiger partial charge in [0.15, 0.2) is 0 Å². The van der Waals surface area contributed by atoms with Crippen molar-refractivity contribution in [3.63, 3.8) is 0 Å². The minimum Gasteiger partial charge on any atom is -0.339 e. The molecule has 2 aromatic heterocycles. The van der Waals surface area contributed by atoms with E-state index in [1.807, 2.05) is 18.2 Å². The summed E-state index contributed by atoms with van der Waals surface area (Å²) in [4.78, 5) is 21.6. The van der Waals surface area contributed by atoms with E-state index < -0.39 is 0 Å². The second kappa shape index (κ2) is 5.56. The number of aromatic nitrogens is 4. The Hall–Kier alpha value is -2.41. The van der Waals surface area contributed by atoms with Gasteiger partial charge in [-0.25, -0.2) is 4.79 Å². The van der Waals surface area contributed by atoms with Crippen LogP contribution in [0.15, 0.2) is 27.5 Å². The lowest BCUT2D eigenvalue weighted by atomic mass is 9.67. The maximum absolute atomic E-state index is 11.4. The van der Waals surface area contributed by atoms with Gasteiger partial charge in [-0.3, -0.25) is 0 Å². The molecule has 1 atom stereocenters. The molecule has 7 nitrogen and oxygen atoms in total. The molecule has 1 spiro atoms. The molecule has 3 N–H and O–H groups in total. The number of benzene rings is 1. The summed E-state index contributed by atoms with van der Waals surface area (Å²) in [6, 6.07) is 5.65. The third-order valence-electron chi connectivity index (χ3n) is 5.93. The van der Waals surface area contributed by atoms with Crippen LogP contribution in [0.2, 0.25) is 0 Å². The van der Waals surface area contributed by atoms with Gasteiger partial charge in [0.05, 0.1) is 17.0 Å².